The number of ether oxygens (including phenoxy) is 1. The summed E-state index contributed by atoms with van der Waals surface area (Å²) in [6.45, 7) is 1.68. The van der Waals surface area contributed by atoms with Crippen LogP contribution in [0.25, 0.3) is 11.3 Å². The molecule has 0 amide bonds. The zero-order chi connectivity index (χ0) is 12.4. The molecule has 0 saturated heterocycles. The number of methoxy groups -OCH3 is 1. The lowest BCUT2D eigenvalue weighted by Crippen LogP contribution is -2.01. The van der Waals surface area contributed by atoms with Crippen molar-refractivity contribution in [1.29, 1.82) is 0 Å². The Hall–Kier alpha value is -2.17. The smallest absolute Gasteiger partial charge is 0.187 e. The number of nitrogens with two attached hydrogens (primary N) is 1. The number of rotatable bonds is 2. The first kappa shape index (κ1) is 11.3. The summed E-state index contributed by atoms with van der Waals surface area (Å²) < 4.78 is 18.6. The molecule has 0 spiro atoms. The average molecular weight is 233 g/mol. The summed E-state index contributed by atoms with van der Waals surface area (Å²) in [5, 5.41) is 0. The highest BCUT2D eigenvalue weighted by atomic mass is 19.1. The van der Waals surface area contributed by atoms with Crippen LogP contribution in [-0.2, 0) is 0 Å². The first-order valence-corrected chi connectivity index (χ1v) is 5.05. The van der Waals surface area contributed by atoms with Gasteiger partial charge in [0, 0.05) is 5.56 Å². The van der Waals surface area contributed by atoms with Crippen LogP contribution in [0.1, 0.15) is 5.56 Å². The molecule has 0 radical (unpaired) electrons. The van der Waals surface area contributed by atoms with Gasteiger partial charge < -0.3 is 10.5 Å². The molecule has 1 aromatic heterocycles. The lowest BCUT2D eigenvalue weighted by molar-refractivity contribution is 0.415. The summed E-state index contributed by atoms with van der Waals surface area (Å²) in [5.41, 5.74) is 7.34. The van der Waals surface area contributed by atoms with Crippen molar-refractivity contribution >= 4 is 5.82 Å². The molecule has 0 aliphatic carbocycles. The van der Waals surface area contributed by atoms with Crippen molar-refractivity contribution in [2.24, 2.45) is 0 Å². The Morgan fingerprint density at radius 2 is 2.06 bits per heavy atom. The quantitative estimate of drug-likeness (QED) is 0.863. The molecule has 88 valence electrons. The van der Waals surface area contributed by atoms with Crippen LogP contribution in [0.5, 0.6) is 5.75 Å². The first-order valence-electron chi connectivity index (χ1n) is 5.05. The number of anilines is 1. The van der Waals surface area contributed by atoms with Crippen molar-refractivity contribution in [3.8, 4) is 17.0 Å². The lowest BCUT2D eigenvalue weighted by Gasteiger charge is -2.11. The molecule has 1 aromatic carbocycles. The maximum atomic E-state index is 13.5. The molecule has 0 bridgehead atoms. The summed E-state index contributed by atoms with van der Waals surface area (Å²) in [5.74, 6) is 0.309. The molecule has 2 rings (SSSR count). The van der Waals surface area contributed by atoms with E-state index in [4.69, 9.17) is 10.5 Å². The number of nitrogen functional groups attached to an aromatic ring is 1. The third-order valence-electron chi connectivity index (χ3n) is 2.56. The van der Waals surface area contributed by atoms with Crippen molar-refractivity contribution in [3.05, 3.63) is 35.9 Å². The molecule has 0 saturated carbocycles. The van der Waals surface area contributed by atoms with Crippen molar-refractivity contribution < 1.29 is 9.13 Å². The normalized spacial score (nSPS) is 10.3. The topological polar surface area (TPSA) is 61.0 Å². The van der Waals surface area contributed by atoms with Gasteiger partial charge in [0.15, 0.2) is 11.6 Å². The SMILES string of the molecule is COc1c(N)ncnc1-c1cccc(F)c1C. The third kappa shape index (κ3) is 1.91. The van der Waals surface area contributed by atoms with E-state index < -0.39 is 0 Å². The monoisotopic (exact) mass is 233 g/mol. The van der Waals surface area contributed by atoms with E-state index >= 15 is 0 Å². The van der Waals surface area contributed by atoms with Gasteiger partial charge in [0.2, 0.25) is 0 Å². The minimum absolute atomic E-state index is 0.237. The highest BCUT2D eigenvalue weighted by Gasteiger charge is 2.14. The Balaban J connectivity index is 2.68. The van der Waals surface area contributed by atoms with Gasteiger partial charge in [-0.05, 0) is 18.6 Å². The molecular formula is C12H12FN3O. The second-order valence-electron chi connectivity index (χ2n) is 3.55. The molecular weight excluding hydrogens is 221 g/mol. The minimum atomic E-state index is -0.290. The highest BCUT2D eigenvalue weighted by molar-refractivity contribution is 5.73. The van der Waals surface area contributed by atoms with E-state index in [9.17, 15) is 4.39 Å². The van der Waals surface area contributed by atoms with Crippen molar-refractivity contribution in [2.75, 3.05) is 12.8 Å². The second kappa shape index (κ2) is 4.37. The standard InChI is InChI=1S/C12H12FN3O/c1-7-8(4-3-5-9(7)13)10-11(17-2)12(14)16-6-15-10/h3-6H,1-2H3,(H2,14,15,16). The summed E-state index contributed by atoms with van der Waals surface area (Å²) in [4.78, 5) is 7.94. The fourth-order valence-corrected chi connectivity index (χ4v) is 1.64. The van der Waals surface area contributed by atoms with E-state index in [-0.39, 0.29) is 11.6 Å². The van der Waals surface area contributed by atoms with Crippen LogP contribution in [0.4, 0.5) is 10.2 Å². The molecule has 0 aliphatic heterocycles. The van der Waals surface area contributed by atoms with Crippen LogP contribution in [0, 0.1) is 12.7 Å². The van der Waals surface area contributed by atoms with Crippen LogP contribution in [0.15, 0.2) is 24.5 Å². The van der Waals surface area contributed by atoms with Gasteiger partial charge in [-0.3, -0.25) is 0 Å². The Bertz CT molecular complexity index is 557. The number of halogens is 1. The first-order chi connectivity index (χ1) is 8.15. The van der Waals surface area contributed by atoms with E-state index in [0.29, 0.717) is 22.6 Å². The van der Waals surface area contributed by atoms with Crippen LogP contribution in [-0.4, -0.2) is 17.1 Å². The zero-order valence-electron chi connectivity index (χ0n) is 9.57. The van der Waals surface area contributed by atoms with Crippen LogP contribution < -0.4 is 10.5 Å². The van der Waals surface area contributed by atoms with Gasteiger partial charge >= 0.3 is 0 Å². The van der Waals surface area contributed by atoms with Gasteiger partial charge in [-0.25, -0.2) is 14.4 Å². The van der Waals surface area contributed by atoms with E-state index in [2.05, 4.69) is 9.97 Å². The Labute approximate surface area is 98.3 Å². The van der Waals surface area contributed by atoms with Crippen molar-refractivity contribution in [2.45, 2.75) is 6.92 Å². The molecule has 0 aliphatic rings. The van der Waals surface area contributed by atoms with E-state index in [1.165, 1.54) is 19.5 Å². The molecule has 0 atom stereocenters. The molecule has 2 N–H and O–H groups in total. The minimum Gasteiger partial charge on any atom is -0.491 e. The second-order valence-corrected chi connectivity index (χ2v) is 3.55. The maximum absolute atomic E-state index is 13.5. The molecule has 5 heteroatoms. The number of benzene rings is 1. The van der Waals surface area contributed by atoms with Gasteiger partial charge in [-0.2, -0.15) is 0 Å². The Morgan fingerprint density at radius 1 is 1.29 bits per heavy atom. The molecule has 1 heterocycles. The summed E-state index contributed by atoms with van der Waals surface area (Å²) >= 11 is 0. The Morgan fingerprint density at radius 3 is 2.76 bits per heavy atom. The summed E-state index contributed by atoms with van der Waals surface area (Å²) in [6, 6.07) is 4.79. The summed E-state index contributed by atoms with van der Waals surface area (Å²) in [7, 11) is 1.48. The fraction of sp³-hybridized carbons (Fsp3) is 0.167. The number of hydrogen-bond acceptors (Lipinski definition) is 4. The molecule has 2 aromatic rings. The molecule has 0 fully saturated rings. The van der Waals surface area contributed by atoms with Crippen molar-refractivity contribution in [3.63, 3.8) is 0 Å². The maximum Gasteiger partial charge on any atom is 0.187 e. The number of nitrogens with zero attached hydrogens (tertiary/aromatic N) is 2. The van der Waals surface area contributed by atoms with E-state index in [1.807, 2.05) is 0 Å². The highest BCUT2D eigenvalue weighted by Crippen LogP contribution is 2.33. The average Bonchev–Trinajstić information content (AvgIpc) is 2.32. The van der Waals surface area contributed by atoms with Crippen LogP contribution in [0.3, 0.4) is 0 Å². The van der Waals surface area contributed by atoms with Gasteiger partial charge in [-0.1, -0.05) is 12.1 Å². The molecule has 0 unspecified atom stereocenters. The molecule has 4 nitrogen and oxygen atoms in total. The predicted molar refractivity (Wildman–Crippen MR) is 63.1 cm³/mol. The Kier molecular flexibility index (Phi) is 2.91. The lowest BCUT2D eigenvalue weighted by atomic mass is 10.0. The van der Waals surface area contributed by atoms with Gasteiger partial charge in [0.25, 0.3) is 0 Å². The number of hydrogen-bond donors (Lipinski definition) is 1. The van der Waals surface area contributed by atoms with E-state index in [0.717, 1.165) is 0 Å². The largest absolute Gasteiger partial charge is 0.491 e. The van der Waals surface area contributed by atoms with Crippen LogP contribution >= 0.6 is 0 Å². The van der Waals surface area contributed by atoms with Gasteiger partial charge in [0.1, 0.15) is 17.8 Å². The van der Waals surface area contributed by atoms with Crippen molar-refractivity contribution in [1.82, 2.24) is 9.97 Å². The van der Waals surface area contributed by atoms with Gasteiger partial charge in [-0.15, -0.1) is 0 Å². The summed E-state index contributed by atoms with van der Waals surface area (Å²) in [6.07, 6.45) is 1.33. The van der Waals surface area contributed by atoms with E-state index in [1.54, 1.807) is 19.1 Å². The van der Waals surface area contributed by atoms with Gasteiger partial charge in [0.05, 0.1) is 7.11 Å². The third-order valence-corrected chi connectivity index (χ3v) is 2.56. The predicted octanol–water partition coefficient (Wildman–Crippen LogP) is 2.18. The number of aromatic nitrogens is 2. The zero-order valence-corrected chi connectivity index (χ0v) is 9.57. The fourth-order valence-electron chi connectivity index (χ4n) is 1.64. The van der Waals surface area contributed by atoms with Crippen LogP contribution in [0.2, 0.25) is 0 Å². The molecule has 17 heavy (non-hydrogen) atoms.